The Hall–Kier alpha value is -1.14. The summed E-state index contributed by atoms with van der Waals surface area (Å²) in [6.45, 7) is 1.11. The average molecular weight is 255 g/mol. The van der Waals surface area contributed by atoms with E-state index in [0.717, 1.165) is 24.8 Å². The summed E-state index contributed by atoms with van der Waals surface area (Å²) in [6, 6.07) is 4.06. The van der Waals surface area contributed by atoms with Crippen LogP contribution in [0, 0.1) is 0 Å². The molecule has 17 heavy (non-hydrogen) atoms. The summed E-state index contributed by atoms with van der Waals surface area (Å²) in [4.78, 5) is 6.42. The van der Waals surface area contributed by atoms with E-state index >= 15 is 0 Å². The van der Waals surface area contributed by atoms with Gasteiger partial charge in [-0.1, -0.05) is 6.07 Å². The molecule has 5 nitrogen and oxygen atoms in total. The lowest BCUT2D eigenvalue weighted by Gasteiger charge is -2.19. The number of likely N-dealkylation sites (tertiary alicyclic amines) is 1. The molecular formula is C11H17N3O2S. The zero-order chi connectivity index (χ0) is 12.5. The van der Waals surface area contributed by atoms with Gasteiger partial charge in [0.15, 0.2) is 0 Å². The number of nitrogens with one attached hydrogen (secondary N) is 1. The number of hydrogen-bond donors (Lipinski definition) is 1. The second-order valence-corrected chi connectivity index (χ2v) is 6.24. The molecule has 1 saturated heterocycles. The van der Waals surface area contributed by atoms with Gasteiger partial charge < -0.3 is 0 Å². The van der Waals surface area contributed by atoms with Crippen LogP contribution in [0.25, 0.3) is 0 Å². The third-order valence-corrected chi connectivity index (χ3v) is 3.56. The number of pyridine rings is 1. The highest BCUT2D eigenvalue weighted by atomic mass is 32.2. The molecule has 0 spiro atoms. The first kappa shape index (κ1) is 12.3. The third kappa shape index (κ3) is 3.17. The summed E-state index contributed by atoms with van der Waals surface area (Å²) < 4.78 is 24.4. The van der Waals surface area contributed by atoms with E-state index in [4.69, 9.17) is 0 Å². The number of anilines is 1. The van der Waals surface area contributed by atoms with Gasteiger partial charge in [0, 0.05) is 12.2 Å². The van der Waals surface area contributed by atoms with Crippen LogP contribution in [0.5, 0.6) is 0 Å². The minimum atomic E-state index is -3.24. The number of hydrogen-bond acceptors (Lipinski definition) is 4. The monoisotopic (exact) mass is 255 g/mol. The van der Waals surface area contributed by atoms with E-state index in [1.165, 1.54) is 6.42 Å². The number of sulfonamides is 1. The van der Waals surface area contributed by atoms with E-state index < -0.39 is 10.0 Å². The van der Waals surface area contributed by atoms with Crippen molar-refractivity contribution in [3.8, 4) is 0 Å². The van der Waals surface area contributed by atoms with E-state index in [1.54, 1.807) is 12.3 Å². The van der Waals surface area contributed by atoms with Gasteiger partial charge in [0.05, 0.1) is 6.26 Å². The third-order valence-electron chi connectivity index (χ3n) is 2.98. The molecule has 1 aliphatic rings. The highest BCUT2D eigenvalue weighted by Gasteiger charge is 2.22. The van der Waals surface area contributed by atoms with Gasteiger partial charge in [-0.25, -0.2) is 13.4 Å². The number of rotatable bonds is 3. The van der Waals surface area contributed by atoms with E-state index in [2.05, 4.69) is 21.7 Å². The van der Waals surface area contributed by atoms with Gasteiger partial charge in [0.25, 0.3) is 0 Å². The molecular weight excluding hydrogens is 238 g/mol. The van der Waals surface area contributed by atoms with Crippen LogP contribution in [0.1, 0.15) is 24.4 Å². The van der Waals surface area contributed by atoms with Crippen molar-refractivity contribution in [2.24, 2.45) is 0 Å². The van der Waals surface area contributed by atoms with Crippen molar-refractivity contribution in [3.05, 3.63) is 23.9 Å². The van der Waals surface area contributed by atoms with Crippen molar-refractivity contribution in [1.82, 2.24) is 9.88 Å². The summed E-state index contributed by atoms with van der Waals surface area (Å²) in [7, 11) is -1.15. The molecule has 1 unspecified atom stereocenters. The Bertz CT molecular complexity index is 484. The van der Waals surface area contributed by atoms with Crippen LogP contribution in [-0.2, 0) is 10.0 Å². The summed E-state index contributed by atoms with van der Waals surface area (Å²) in [5, 5.41) is 0. The SMILES string of the molecule is CN1CCCC1c1ccc(NS(C)(=O)=O)nc1. The normalized spacial score (nSPS) is 21.6. The van der Waals surface area contributed by atoms with Crippen molar-refractivity contribution in [3.63, 3.8) is 0 Å². The fourth-order valence-electron chi connectivity index (χ4n) is 2.18. The Morgan fingerprint density at radius 3 is 2.71 bits per heavy atom. The van der Waals surface area contributed by atoms with E-state index in [0.29, 0.717) is 11.9 Å². The summed E-state index contributed by atoms with van der Waals surface area (Å²) in [6.07, 6.45) is 5.20. The predicted octanol–water partition coefficient (Wildman–Crippen LogP) is 1.22. The highest BCUT2D eigenvalue weighted by molar-refractivity contribution is 7.92. The van der Waals surface area contributed by atoms with Crippen LogP contribution in [-0.4, -0.2) is 38.1 Å². The van der Waals surface area contributed by atoms with Crippen LogP contribution in [0.4, 0.5) is 5.82 Å². The lowest BCUT2D eigenvalue weighted by Crippen LogP contribution is -2.18. The molecule has 94 valence electrons. The Morgan fingerprint density at radius 1 is 1.47 bits per heavy atom. The van der Waals surface area contributed by atoms with Crippen LogP contribution >= 0.6 is 0 Å². The minimum absolute atomic E-state index is 0.372. The smallest absolute Gasteiger partial charge is 0.230 e. The Kier molecular flexibility index (Phi) is 3.35. The van der Waals surface area contributed by atoms with E-state index in [9.17, 15) is 8.42 Å². The molecule has 0 aliphatic carbocycles. The largest absolute Gasteiger partial charge is 0.299 e. The molecule has 1 fully saturated rings. The maximum Gasteiger partial charge on any atom is 0.230 e. The zero-order valence-corrected chi connectivity index (χ0v) is 10.9. The van der Waals surface area contributed by atoms with Crippen molar-refractivity contribution in [1.29, 1.82) is 0 Å². The maximum atomic E-state index is 11.0. The molecule has 0 amide bonds. The van der Waals surface area contributed by atoms with Crippen molar-refractivity contribution >= 4 is 15.8 Å². The van der Waals surface area contributed by atoms with Crippen LogP contribution < -0.4 is 4.72 Å². The van der Waals surface area contributed by atoms with Gasteiger partial charge in [0.2, 0.25) is 10.0 Å². The first-order valence-electron chi connectivity index (χ1n) is 5.60. The van der Waals surface area contributed by atoms with Gasteiger partial charge in [-0.15, -0.1) is 0 Å². The minimum Gasteiger partial charge on any atom is -0.299 e. The summed E-state index contributed by atoms with van der Waals surface area (Å²) in [5.41, 5.74) is 1.14. The van der Waals surface area contributed by atoms with Gasteiger partial charge >= 0.3 is 0 Å². The first-order valence-corrected chi connectivity index (χ1v) is 7.49. The van der Waals surface area contributed by atoms with Gasteiger partial charge in [-0.3, -0.25) is 9.62 Å². The molecule has 0 radical (unpaired) electrons. The Balaban J connectivity index is 2.13. The maximum absolute atomic E-state index is 11.0. The van der Waals surface area contributed by atoms with Crippen molar-refractivity contribution in [2.75, 3.05) is 24.6 Å². The summed E-state index contributed by atoms with van der Waals surface area (Å²) in [5.74, 6) is 0.372. The lowest BCUT2D eigenvalue weighted by molar-refractivity contribution is 0.317. The lowest BCUT2D eigenvalue weighted by atomic mass is 10.1. The molecule has 0 saturated carbocycles. The zero-order valence-electron chi connectivity index (χ0n) is 10.0. The number of aromatic nitrogens is 1. The van der Waals surface area contributed by atoms with E-state index in [1.807, 2.05) is 6.07 Å². The predicted molar refractivity (Wildman–Crippen MR) is 67.3 cm³/mol. The van der Waals surface area contributed by atoms with Gasteiger partial charge in [0.1, 0.15) is 5.82 Å². The van der Waals surface area contributed by atoms with Crippen molar-refractivity contribution in [2.45, 2.75) is 18.9 Å². The fraction of sp³-hybridized carbons (Fsp3) is 0.545. The topological polar surface area (TPSA) is 62.3 Å². The first-order chi connectivity index (χ1) is 7.96. The average Bonchev–Trinajstić information content (AvgIpc) is 2.63. The molecule has 1 aromatic heterocycles. The molecule has 2 rings (SSSR count). The molecule has 1 atom stereocenters. The van der Waals surface area contributed by atoms with Gasteiger partial charge in [-0.2, -0.15) is 0 Å². The molecule has 6 heteroatoms. The van der Waals surface area contributed by atoms with Crippen molar-refractivity contribution < 1.29 is 8.42 Å². The second kappa shape index (κ2) is 4.62. The quantitative estimate of drug-likeness (QED) is 0.882. The molecule has 0 aromatic carbocycles. The molecule has 1 aliphatic heterocycles. The summed E-state index contributed by atoms with van der Waals surface area (Å²) >= 11 is 0. The van der Waals surface area contributed by atoms with E-state index in [-0.39, 0.29) is 0 Å². The Morgan fingerprint density at radius 2 is 2.24 bits per heavy atom. The highest BCUT2D eigenvalue weighted by Crippen LogP contribution is 2.30. The second-order valence-electron chi connectivity index (χ2n) is 4.49. The fourth-order valence-corrected chi connectivity index (χ4v) is 2.68. The van der Waals surface area contributed by atoms with Gasteiger partial charge in [-0.05, 0) is 38.1 Å². The number of nitrogens with zero attached hydrogens (tertiary/aromatic N) is 2. The molecule has 1 aromatic rings. The van der Waals surface area contributed by atoms with Crippen LogP contribution in [0.3, 0.4) is 0 Å². The van der Waals surface area contributed by atoms with Crippen LogP contribution in [0.2, 0.25) is 0 Å². The molecule has 1 N–H and O–H groups in total. The standard InChI is InChI=1S/C11H17N3O2S/c1-14-7-3-4-10(14)9-5-6-11(12-8-9)13-17(2,15)16/h5-6,8,10H,3-4,7H2,1-2H3,(H,12,13). The molecule has 2 heterocycles. The Labute approximate surface area is 102 Å². The van der Waals surface area contributed by atoms with Crippen LogP contribution in [0.15, 0.2) is 18.3 Å². The molecule has 0 bridgehead atoms.